The van der Waals surface area contributed by atoms with Crippen molar-refractivity contribution in [1.29, 1.82) is 0 Å². The van der Waals surface area contributed by atoms with Gasteiger partial charge in [-0.1, -0.05) is 53.0 Å². The molecule has 0 amide bonds. The van der Waals surface area contributed by atoms with E-state index in [4.69, 9.17) is 44.3 Å². The van der Waals surface area contributed by atoms with Crippen LogP contribution in [0.1, 0.15) is 16.7 Å². The van der Waals surface area contributed by atoms with Crippen LogP contribution < -0.4 is 14.8 Å². The number of halogens is 4. The Morgan fingerprint density at radius 2 is 1.60 bits per heavy atom. The lowest BCUT2D eigenvalue weighted by atomic mass is 10.1. The average Bonchev–Trinajstić information content (AvgIpc) is 2.73. The molecule has 3 aromatic carbocycles. The van der Waals surface area contributed by atoms with E-state index in [2.05, 4.69) is 5.32 Å². The second-order valence-corrected chi connectivity index (χ2v) is 7.92. The van der Waals surface area contributed by atoms with Crippen molar-refractivity contribution in [3.8, 4) is 11.5 Å². The molecule has 0 fully saturated rings. The van der Waals surface area contributed by atoms with Gasteiger partial charge < -0.3 is 14.8 Å². The molecule has 3 rings (SSSR count). The summed E-state index contributed by atoms with van der Waals surface area (Å²) < 4.78 is 24.3. The molecule has 7 heteroatoms. The Balaban J connectivity index is 1.59. The van der Waals surface area contributed by atoms with E-state index < -0.39 is 0 Å². The number of hydrogen-bond donors (Lipinski definition) is 1. The summed E-state index contributed by atoms with van der Waals surface area (Å²) in [6.07, 6.45) is 0.790. The molecule has 0 spiro atoms. The zero-order chi connectivity index (χ0) is 21.5. The summed E-state index contributed by atoms with van der Waals surface area (Å²) in [4.78, 5) is 0. The van der Waals surface area contributed by atoms with E-state index in [0.29, 0.717) is 33.1 Å². The summed E-state index contributed by atoms with van der Waals surface area (Å²) >= 11 is 18.6. The standard InChI is InChI=1S/C23H21Cl3FNO2/c1-29-22-10-17(13-28-9-8-15-2-6-19(27)7-3-15)21(26)12-23(22)30-14-16-4-5-18(24)11-20(16)25/h2-7,10-12,28H,8-9,13-14H2,1H3. The van der Waals surface area contributed by atoms with Gasteiger partial charge in [0.05, 0.1) is 7.11 Å². The minimum atomic E-state index is -0.230. The lowest BCUT2D eigenvalue weighted by Crippen LogP contribution is -2.17. The molecule has 0 unspecified atom stereocenters. The highest BCUT2D eigenvalue weighted by atomic mass is 35.5. The Kier molecular flexibility index (Phi) is 8.23. The highest BCUT2D eigenvalue weighted by molar-refractivity contribution is 6.35. The summed E-state index contributed by atoms with van der Waals surface area (Å²) in [5.41, 5.74) is 2.77. The van der Waals surface area contributed by atoms with Crippen LogP contribution in [0.2, 0.25) is 15.1 Å². The third-order valence-corrected chi connectivity index (χ3v) is 5.49. The zero-order valence-electron chi connectivity index (χ0n) is 16.4. The van der Waals surface area contributed by atoms with Gasteiger partial charge in [0.15, 0.2) is 11.5 Å². The van der Waals surface area contributed by atoms with Gasteiger partial charge in [-0.3, -0.25) is 0 Å². The molecule has 0 saturated heterocycles. The Morgan fingerprint density at radius 3 is 2.30 bits per heavy atom. The van der Waals surface area contributed by atoms with Gasteiger partial charge in [0, 0.05) is 33.2 Å². The lowest BCUT2D eigenvalue weighted by Gasteiger charge is -2.15. The van der Waals surface area contributed by atoms with Gasteiger partial charge in [-0.15, -0.1) is 0 Å². The van der Waals surface area contributed by atoms with Gasteiger partial charge in [-0.05, 0) is 54.4 Å². The van der Waals surface area contributed by atoms with Crippen molar-refractivity contribution in [3.63, 3.8) is 0 Å². The summed E-state index contributed by atoms with van der Waals surface area (Å²) in [5, 5.41) is 5.02. The Bertz CT molecular complexity index is 996. The van der Waals surface area contributed by atoms with E-state index in [-0.39, 0.29) is 12.4 Å². The molecule has 0 saturated carbocycles. The molecule has 0 aromatic heterocycles. The SMILES string of the molecule is COc1cc(CNCCc2ccc(F)cc2)c(Cl)cc1OCc1ccc(Cl)cc1Cl. The molecule has 0 atom stereocenters. The number of rotatable bonds is 9. The number of methoxy groups -OCH3 is 1. The smallest absolute Gasteiger partial charge is 0.163 e. The van der Waals surface area contributed by atoms with Crippen LogP contribution >= 0.6 is 34.8 Å². The Hall–Kier alpha value is -1.98. The van der Waals surface area contributed by atoms with E-state index in [1.165, 1.54) is 12.1 Å². The second kappa shape index (κ2) is 10.9. The number of ether oxygens (including phenoxy) is 2. The molecular weight excluding hydrogens is 448 g/mol. The topological polar surface area (TPSA) is 30.5 Å². The monoisotopic (exact) mass is 467 g/mol. The van der Waals surface area contributed by atoms with Crippen molar-refractivity contribution in [2.24, 2.45) is 0 Å². The molecule has 0 aliphatic heterocycles. The fourth-order valence-corrected chi connectivity index (χ4v) is 3.57. The lowest BCUT2D eigenvalue weighted by molar-refractivity contribution is 0.284. The van der Waals surface area contributed by atoms with Gasteiger partial charge in [0.1, 0.15) is 12.4 Å². The van der Waals surface area contributed by atoms with E-state index >= 15 is 0 Å². The van der Waals surface area contributed by atoms with Gasteiger partial charge in [0.2, 0.25) is 0 Å². The van der Waals surface area contributed by atoms with E-state index in [1.54, 1.807) is 37.4 Å². The average molecular weight is 469 g/mol. The van der Waals surface area contributed by atoms with Crippen molar-refractivity contribution in [1.82, 2.24) is 5.32 Å². The van der Waals surface area contributed by atoms with E-state index in [0.717, 1.165) is 29.7 Å². The van der Waals surface area contributed by atoms with Gasteiger partial charge in [-0.25, -0.2) is 4.39 Å². The molecule has 158 valence electrons. The molecule has 0 bridgehead atoms. The Morgan fingerprint density at radius 1 is 0.867 bits per heavy atom. The van der Waals surface area contributed by atoms with E-state index in [1.807, 2.05) is 12.1 Å². The summed E-state index contributed by atoms with van der Waals surface area (Å²) in [6, 6.07) is 15.3. The van der Waals surface area contributed by atoms with Gasteiger partial charge in [-0.2, -0.15) is 0 Å². The maximum Gasteiger partial charge on any atom is 0.163 e. The van der Waals surface area contributed by atoms with Gasteiger partial charge >= 0.3 is 0 Å². The molecule has 0 heterocycles. The van der Waals surface area contributed by atoms with Crippen molar-refractivity contribution in [3.05, 3.63) is 92.2 Å². The van der Waals surface area contributed by atoms with Crippen LogP contribution in [0, 0.1) is 5.82 Å². The first-order chi connectivity index (χ1) is 14.5. The van der Waals surface area contributed by atoms with Crippen molar-refractivity contribution in [2.75, 3.05) is 13.7 Å². The third kappa shape index (κ3) is 6.26. The largest absolute Gasteiger partial charge is 0.493 e. The predicted molar refractivity (Wildman–Crippen MR) is 121 cm³/mol. The highest BCUT2D eigenvalue weighted by Crippen LogP contribution is 2.34. The van der Waals surface area contributed by atoms with Crippen molar-refractivity contribution >= 4 is 34.8 Å². The van der Waals surface area contributed by atoms with Crippen LogP contribution in [0.15, 0.2) is 54.6 Å². The fraction of sp³-hybridized carbons (Fsp3) is 0.217. The molecular formula is C23H21Cl3FNO2. The van der Waals surface area contributed by atoms with Crippen molar-refractivity contribution < 1.29 is 13.9 Å². The van der Waals surface area contributed by atoms with Crippen LogP contribution in [-0.4, -0.2) is 13.7 Å². The van der Waals surface area contributed by atoms with Crippen LogP contribution in [0.3, 0.4) is 0 Å². The molecule has 3 aromatic rings. The van der Waals surface area contributed by atoms with Crippen LogP contribution in [0.5, 0.6) is 11.5 Å². The molecule has 0 aliphatic carbocycles. The minimum Gasteiger partial charge on any atom is -0.493 e. The highest BCUT2D eigenvalue weighted by Gasteiger charge is 2.12. The first-order valence-electron chi connectivity index (χ1n) is 9.34. The third-order valence-electron chi connectivity index (χ3n) is 4.55. The minimum absolute atomic E-state index is 0.230. The summed E-state index contributed by atoms with van der Waals surface area (Å²) in [7, 11) is 1.58. The predicted octanol–water partition coefficient (Wildman–Crippen LogP) is 6.71. The zero-order valence-corrected chi connectivity index (χ0v) is 18.6. The summed E-state index contributed by atoms with van der Waals surface area (Å²) in [5.74, 6) is 0.884. The molecule has 30 heavy (non-hydrogen) atoms. The molecule has 0 aliphatic rings. The number of benzene rings is 3. The quantitative estimate of drug-likeness (QED) is 0.354. The van der Waals surface area contributed by atoms with Gasteiger partial charge in [0.25, 0.3) is 0 Å². The van der Waals surface area contributed by atoms with E-state index in [9.17, 15) is 4.39 Å². The number of hydrogen-bond acceptors (Lipinski definition) is 3. The second-order valence-electron chi connectivity index (χ2n) is 6.67. The maximum atomic E-state index is 13.0. The van der Waals surface area contributed by atoms with Crippen LogP contribution in [0.25, 0.3) is 0 Å². The normalized spacial score (nSPS) is 10.8. The number of nitrogens with one attached hydrogen (secondary N) is 1. The molecule has 1 N–H and O–H groups in total. The maximum absolute atomic E-state index is 13.0. The van der Waals surface area contributed by atoms with Crippen LogP contribution in [0.4, 0.5) is 4.39 Å². The summed E-state index contributed by atoms with van der Waals surface area (Å²) in [6.45, 7) is 1.56. The fourth-order valence-electron chi connectivity index (χ4n) is 2.89. The molecule has 0 radical (unpaired) electrons. The first-order valence-corrected chi connectivity index (χ1v) is 10.5. The van der Waals surface area contributed by atoms with Crippen molar-refractivity contribution in [2.45, 2.75) is 19.6 Å². The van der Waals surface area contributed by atoms with Crippen LogP contribution in [-0.2, 0) is 19.6 Å². The molecule has 3 nitrogen and oxygen atoms in total. The Labute approximate surface area is 190 Å². The first kappa shape index (κ1) is 22.7.